The number of hydrogen-bond donors (Lipinski definition) is 0. The van der Waals surface area contributed by atoms with Crippen molar-refractivity contribution < 1.29 is 4.74 Å². The van der Waals surface area contributed by atoms with Gasteiger partial charge in [-0.25, -0.2) is 0 Å². The molecule has 1 unspecified atom stereocenters. The van der Waals surface area contributed by atoms with Gasteiger partial charge in [0, 0.05) is 14.2 Å². The van der Waals surface area contributed by atoms with Crippen LogP contribution in [0, 0.1) is 0 Å². The molecule has 2 aromatic rings. The molecule has 0 spiro atoms. The fraction of sp³-hybridized carbons (Fsp3) is 0.375. The lowest BCUT2D eigenvalue weighted by Gasteiger charge is -2.11. The summed E-state index contributed by atoms with van der Waals surface area (Å²) in [6, 6.07) is 8.55. The van der Waals surface area contributed by atoms with Crippen LogP contribution in [0.3, 0.4) is 0 Å². The van der Waals surface area contributed by atoms with Gasteiger partial charge in [0.15, 0.2) is 0 Å². The van der Waals surface area contributed by atoms with Crippen LogP contribution in [0.5, 0.6) is 5.75 Å². The molecule has 0 N–H and O–H groups in total. The van der Waals surface area contributed by atoms with Gasteiger partial charge >= 0.3 is 0 Å². The van der Waals surface area contributed by atoms with E-state index in [-0.39, 0.29) is 4.83 Å². The SMILES string of the molecule is COc1ccc(C(Br)c2cc3c(s2)CCCC3)c(Br)c1. The van der Waals surface area contributed by atoms with Crippen molar-refractivity contribution in [3.63, 3.8) is 0 Å². The number of halogens is 2. The van der Waals surface area contributed by atoms with Crippen molar-refractivity contribution in [1.29, 1.82) is 0 Å². The van der Waals surface area contributed by atoms with Crippen molar-refractivity contribution in [3.05, 3.63) is 49.6 Å². The van der Waals surface area contributed by atoms with E-state index in [0.717, 1.165) is 10.2 Å². The van der Waals surface area contributed by atoms with E-state index in [4.69, 9.17) is 4.74 Å². The lowest BCUT2D eigenvalue weighted by atomic mass is 9.99. The first-order valence-electron chi connectivity index (χ1n) is 6.78. The molecule has 0 amide bonds. The Hall–Kier alpha value is -0.320. The zero-order valence-corrected chi connectivity index (χ0v) is 15.3. The van der Waals surface area contributed by atoms with E-state index in [2.05, 4.69) is 44.0 Å². The highest BCUT2D eigenvalue weighted by molar-refractivity contribution is 9.11. The van der Waals surface area contributed by atoms with Crippen molar-refractivity contribution in [1.82, 2.24) is 0 Å². The number of thiophene rings is 1. The molecule has 3 rings (SSSR count). The average Bonchev–Trinajstić information content (AvgIpc) is 2.90. The van der Waals surface area contributed by atoms with E-state index in [1.54, 1.807) is 17.6 Å². The fourth-order valence-corrected chi connectivity index (χ4v) is 5.59. The molecule has 1 aliphatic rings. The Kier molecular flexibility index (Phi) is 4.53. The first-order chi connectivity index (χ1) is 9.69. The van der Waals surface area contributed by atoms with Crippen LogP contribution in [0.2, 0.25) is 0 Å². The topological polar surface area (TPSA) is 9.23 Å². The summed E-state index contributed by atoms with van der Waals surface area (Å²) in [5, 5.41) is 0. The predicted octanol–water partition coefficient (Wildman–Crippen LogP) is 5.88. The van der Waals surface area contributed by atoms with Gasteiger partial charge < -0.3 is 4.74 Å². The highest BCUT2D eigenvalue weighted by atomic mass is 79.9. The molecule has 0 fully saturated rings. The minimum Gasteiger partial charge on any atom is -0.497 e. The molecule has 106 valence electrons. The van der Waals surface area contributed by atoms with Gasteiger partial charge in [0.1, 0.15) is 5.75 Å². The Morgan fingerprint density at radius 2 is 2.00 bits per heavy atom. The van der Waals surface area contributed by atoms with Gasteiger partial charge in [-0.2, -0.15) is 0 Å². The number of benzene rings is 1. The van der Waals surface area contributed by atoms with Crippen LogP contribution in [-0.2, 0) is 12.8 Å². The third-order valence-electron chi connectivity index (χ3n) is 3.75. The smallest absolute Gasteiger partial charge is 0.120 e. The molecular weight excluding hydrogens is 400 g/mol. The number of methoxy groups -OCH3 is 1. The highest BCUT2D eigenvalue weighted by Crippen LogP contribution is 2.42. The first kappa shape index (κ1) is 14.6. The van der Waals surface area contributed by atoms with Crippen LogP contribution in [0.1, 0.15) is 38.6 Å². The third-order valence-corrected chi connectivity index (χ3v) is 7.02. The van der Waals surface area contributed by atoms with Gasteiger partial charge in [-0.15, -0.1) is 11.3 Å². The Morgan fingerprint density at radius 3 is 2.70 bits per heavy atom. The number of hydrogen-bond acceptors (Lipinski definition) is 2. The summed E-state index contributed by atoms with van der Waals surface area (Å²) in [5.41, 5.74) is 2.81. The van der Waals surface area contributed by atoms with Crippen LogP contribution in [0.4, 0.5) is 0 Å². The van der Waals surface area contributed by atoms with Crippen LogP contribution in [0.15, 0.2) is 28.7 Å². The average molecular weight is 416 g/mol. The summed E-state index contributed by atoms with van der Waals surface area (Å²) in [6.45, 7) is 0. The van der Waals surface area contributed by atoms with Crippen molar-refractivity contribution in [3.8, 4) is 5.75 Å². The van der Waals surface area contributed by atoms with E-state index in [1.807, 2.05) is 23.5 Å². The molecule has 1 nitrogen and oxygen atoms in total. The minimum absolute atomic E-state index is 0.249. The number of ether oxygens (including phenoxy) is 1. The molecule has 1 aromatic heterocycles. The van der Waals surface area contributed by atoms with Gasteiger partial charge in [-0.05, 0) is 55.0 Å². The summed E-state index contributed by atoms with van der Waals surface area (Å²) in [6.07, 6.45) is 5.17. The monoisotopic (exact) mass is 414 g/mol. The molecule has 0 radical (unpaired) electrons. The number of aryl methyl sites for hydroxylation is 2. The van der Waals surface area contributed by atoms with E-state index in [9.17, 15) is 0 Å². The zero-order valence-electron chi connectivity index (χ0n) is 11.3. The molecule has 20 heavy (non-hydrogen) atoms. The molecule has 4 heteroatoms. The molecule has 0 bridgehead atoms. The maximum absolute atomic E-state index is 5.26. The van der Waals surface area contributed by atoms with E-state index in [0.29, 0.717) is 0 Å². The molecule has 0 aliphatic heterocycles. The predicted molar refractivity (Wildman–Crippen MR) is 92.4 cm³/mol. The zero-order chi connectivity index (χ0) is 14.1. The second kappa shape index (κ2) is 6.20. The third kappa shape index (κ3) is 2.83. The standard InChI is InChI=1S/C16H16Br2OS/c1-19-11-6-7-12(13(17)9-11)16(18)15-8-10-4-2-3-5-14(10)20-15/h6-9,16H,2-5H2,1H3. The summed E-state index contributed by atoms with van der Waals surface area (Å²) in [5.74, 6) is 0.880. The molecule has 1 heterocycles. The Bertz CT molecular complexity index is 597. The summed E-state index contributed by atoms with van der Waals surface area (Å²) in [4.78, 5) is 3.24. The summed E-state index contributed by atoms with van der Waals surface area (Å²) < 4.78 is 6.35. The summed E-state index contributed by atoms with van der Waals surface area (Å²) >= 11 is 9.47. The Morgan fingerprint density at radius 1 is 1.20 bits per heavy atom. The highest BCUT2D eigenvalue weighted by Gasteiger charge is 2.20. The Labute approximate surface area is 140 Å². The lowest BCUT2D eigenvalue weighted by molar-refractivity contribution is 0.414. The molecule has 0 saturated carbocycles. The Balaban J connectivity index is 1.92. The number of rotatable bonds is 3. The second-order valence-corrected chi connectivity index (χ2v) is 7.99. The van der Waals surface area contributed by atoms with Gasteiger partial charge in [-0.1, -0.05) is 37.9 Å². The molecule has 0 saturated heterocycles. The maximum atomic E-state index is 5.26. The first-order valence-corrected chi connectivity index (χ1v) is 9.30. The van der Waals surface area contributed by atoms with Gasteiger partial charge in [-0.3, -0.25) is 0 Å². The van der Waals surface area contributed by atoms with Crippen LogP contribution in [0.25, 0.3) is 0 Å². The quantitative estimate of drug-likeness (QED) is 0.568. The number of alkyl halides is 1. The number of fused-ring (bicyclic) bond motifs is 1. The van der Waals surface area contributed by atoms with Crippen LogP contribution >= 0.6 is 43.2 Å². The van der Waals surface area contributed by atoms with Crippen molar-refractivity contribution >= 4 is 43.2 Å². The van der Waals surface area contributed by atoms with Gasteiger partial charge in [0.2, 0.25) is 0 Å². The second-order valence-electron chi connectivity index (χ2n) is 5.05. The normalized spacial score (nSPS) is 15.8. The molecule has 1 aliphatic carbocycles. The van der Waals surface area contributed by atoms with Crippen LogP contribution in [-0.4, -0.2) is 7.11 Å². The van der Waals surface area contributed by atoms with Crippen molar-refractivity contribution in [2.75, 3.05) is 7.11 Å². The molecule has 1 atom stereocenters. The van der Waals surface area contributed by atoms with Gasteiger partial charge in [0.05, 0.1) is 11.9 Å². The van der Waals surface area contributed by atoms with E-state index < -0.39 is 0 Å². The fourth-order valence-electron chi connectivity index (χ4n) is 2.63. The lowest BCUT2D eigenvalue weighted by Crippen LogP contribution is -1.96. The van der Waals surface area contributed by atoms with Gasteiger partial charge in [0.25, 0.3) is 0 Å². The molecule has 1 aromatic carbocycles. The summed E-state index contributed by atoms with van der Waals surface area (Å²) in [7, 11) is 1.69. The van der Waals surface area contributed by atoms with Crippen LogP contribution < -0.4 is 4.74 Å². The van der Waals surface area contributed by atoms with Crippen molar-refractivity contribution in [2.24, 2.45) is 0 Å². The van der Waals surface area contributed by atoms with E-state index in [1.165, 1.54) is 36.1 Å². The van der Waals surface area contributed by atoms with Crippen molar-refractivity contribution in [2.45, 2.75) is 30.5 Å². The molecular formula is C16H16Br2OS. The largest absolute Gasteiger partial charge is 0.497 e. The minimum atomic E-state index is 0.249. The van der Waals surface area contributed by atoms with E-state index >= 15 is 0 Å². The maximum Gasteiger partial charge on any atom is 0.120 e.